The molecule has 0 bridgehead atoms. The van der Waals surface area contributed by atoms with E-state index >= 15 is 0 Å². The highest BCUT2D eigenvalue weighted by atomic mass is 16.3. The summed E-state index contributed by atoms with van der Waals surface area (Å²) in [5, 5.41) is 20.5. The molecule has 2 N–H and O–H groups in total. The van der Waals surface area contributed by atoms with Gasteiger partial charge in [-0.2, -0.15) is 0 Å². The molecule has 0 aromatic heterocycles. The van der Waals surface area contributed by atoms with Crippen molar-refractivity contribution in [1.29, 1.82) is 0 Å². The predicted molar refractivity (Wildman–Crippen MR) is 83.3 cm³/mol. The smallest absolute Gasteiger partial charge is 0.124 e. The van der Waals surface area contributed by atoms with E-state index in [1.807, 2.05) is 18.2 Å². The molecule has 2 rings (SSSR count). The van der Waals surface area contributed by atoms with Crippen LogP contribution >= 0.6 is 0 Å². The van der Waals surface area contributed by atoms with E-state index in [0.29, 0.717) is 5.56 Å². The normalized spacial score (nSPS) is 10.8. The van der Waals surface area contributed by atoms with Crippen molar-refractivity contribution in [2.75, 3.05) is 0 Å². The second-order valence-corrected chi connectivity index (χ2v) is 4.96. The molecule has 2 aromatic rings. The summed E-state index contributed by atoms with van der Waals surface area (Å²) < 4.78 is 0. The van der Waals surface area contributed by atoms with Gasteiger partial charge in [0.05, 0.1) is 0 Å². The molecule has 0 aliphatic heterocycles. The van der Waals surface area contributed by atoms with E-state index in [0.717, 1.165) is 30.4 Å². The van der Waals surface area contributed by atoms with Crippen LogP contribution in [0.15, 0.2) is 30.3 Å². The average molecular weight is 270 g/mol. The molecule has 106 valence electrons. The van der Waals surface area contributed by atoms with Crippen molar-refractivity contribution < 1.29 is 10.2 Å². The summed E-state index contributed by atoms with van der Waals surface area (Å²) in [5.41, 5.74) is 5.12. The third kappa shape index (κ3) is 2.38. The van der Waals surface area contributed by atoms with E-state index in [2.05, 4.69) is 20.8 Å². The Kier molecular flexibility index (Phi) is 4.33. The summed E-state index contributed by atoms with van der Waals surface area (Å²) in [7, 11) is 0. The van der Waals surface area contributed by atoms with E-state index in [-0.39, 0.29) is 11.5 Å². The fourth-order valence-electron chi connectivity index (χ4n) is 2.96. The number of aryl methyl sites for hydroxylation is 1. The van der Waals surface area contributed by atoms with Crippen LogP contribution in [-0.2, 0) is 19.3 Å². The Morgan fingerprint density at radius 1 is 0.800 bits per heavy atom. The summed E-state index contributed by atoms with van der Waals surface area (Å²) in [4.78, 5) is 0. The Morgan fingerprint density at radius 2 is 1.45 bits per heavy atom. The Morgan fingerprint density at radius 3 is 2.00 bits per heavy atom. The van der Waals surface area contributed by atoms with Crippen LogP contribution in [0.25, 0.3) is 11.1 Å². The molecule has 0 fully saturated rings. The Balaban J connectivity index is 2.79. The number of hydrogen-bond donors (Lipinski definition) is 2. The Hall–Kier alpha value is -1.96. The van der Waals surface area contributed by atoms with Gasteiger partial charge in [-0.05, 0) is 48.1 Å². The Bertz CT molecular complexity index is 615. The monoisotopic (exact) mass is 270 g/mol. The van der Waals surface area contributed by atoms with Crippen molar-refractivity contribution in [2.45, 2.75) is 40.0 Å². The Labute approximate surface area is 120 Å². The maximum Gasteiger partial charge on any atom is 0.124 e. The molecule has 0 heterocycles. The zero-order valence-electron chi connectivity index (χ0n) is 12.4. The standard InChI is InChI=1S/C18H22O2/c1-4-12-11-17(20)18(14(6-3)13(12)5-2)15-9-7-8-10-16(15)19/h7-11,19-20H,4-6H2,1-3H3. The second kappa shape index (κ2) is 6.00. The number of para-hydroxylation sites is 1. The number of benzene rings is 2. The zero-order valence-corrected chi connectivity index (χ0v) is 12.4. The molecule has 0 radical (unpaired) electrons. The van der Waals surface area contributed by atoms with Gasteiger partial charge in [-0.1, -0.05) is 39.0 Å². The average Bonchev–Trinajstić information content (AvgIpc) is 2.46. The SMILES string of the molecule is CCc1cc(O)c(-c2ccccc2O)c(CC)c1CC. The van der Waals surface area contributed by atoms with Gasteiger partial charge in [0.2, 0.25) is 0 Å². The van der Waals surface area contributed by atoms with Crippen LogP contribution in [0, 0.1) is 0 Å². The van der Waals surface area contributed by atoms with Gasteiger partial charge in [0.15, 0.2) is 0 Å². The number of aromatic hydroxyl groups is 2. The summed E-state index contributed by atoms with van der Waals surface area (Å²) in [6.45, 7) is 6.34. The minimum absolute atomic E-state index is 0.212. The van der Waals surface area contributed by atoms with Gasteiger partial charge in [-0.25, -0.2) is 0 Å². The van der Waals surface area contributed by atoms with Crippen LogP contribution in [-0.4, -0.2) is 10.2 Å². The van der Waals surface area contributed by atoms with Crippen LogP contribution in [0.4, 0.5) is 0 Å². The topological polar surface area (TPSA) is 40.5 Å². The highest BCUT2D eigenvalue weighted by Gasteiger charge is 2.18. The molecule has 0 saturated carbocycles. The molecule has 0 aliphatic rings. The maximum atomic E-state index is 10.4. The van der Waals surface area contributed by atoms with Crippen LogP contribution in [0.3, 0.4) is 0 Å². The number of rotatable bonds is 4. The van der Waals surface area contributed by atoms with Crippen molar-refractivity contribution in [3.05, 3.63) is 47.0 Å². The van der Waals surface area contributed by atoms with Gasteiger partial charge in [0.25, 0.3) is 0 Å². The van der Waals surface area contributed by atoms with Crippen molar-refractivity contribution in [1.82, 2.24) is 0 Å². The first-order chi connectivity index (χ1) is 9.63. The van der Waals surface area contributed by atoms with Gasteiger partial charge in [0, 0.05) is 11.1 Å². The number of phenols is 2. The highest BCUT2D eigenvalue weighted by Crippen LogP contribution is 2.41. The highest BCUT2D eigenvalue weighted by molar-refractivity contribution is 5.80. The molecule has 0 unspecified atom stereocenters. The van der Waals surface area contributed by atoms with Gasteiger partial charge < -0.3 is 10.2 Å². The molecule has 2 nitrogen and oxygen atoms in total. The predicted octanol–water partition coefficient (Wildman–Crippen LogP) is 4.45. The third-order valence-corrected chi connectivity index (χ3v) is 3.88. The molecule has 20 heavy (non-hydrogen) atoms. The van der Waals surface area contributed by atoms with Crippen LogP contribution in [0.2, 0.25) is 0 Å². The van der Waals surface area contributed by atoms with E-state index in [9.17, 15) is 10.2 Å². The molecule has 0 saturated heterocycles. The third-order valence-electron chi connectivity index (χ3n) is 3.88. The minimum Gasteiger partial charge on any atom is -0.507 e. The number of phenolic OH excluding ortho intramolecular Hbond substituents is 2. The first-order valence-corrected chi connectivity index (χ1v) is 7.28. The largest absolute Gasteiger partial charge is 0.507 e. The molecule has 0 amide bonds. The molecular formula is C18H22O2. The summed E-state index contributed by atoms with van der Waals surface area (Å²) in [6, 6.07) is 9.04. The fourth-order valence-corrected chi connectivity index (χ4v) is 2.96. The molecule has 0 spiro atoms. The molecule has 2 aromatic carbocycles. The molecular weight excluding hydrogens is 248 g/mol. The van der Waals surface area contributed by atoms with Crippen molar-refractivity contribution in [3.63, 3.8) is 0 Å². The first-order valence-electron chi connectivity index (χ1n) is 7.28. The lowest BCUT2D eigenvalue weighted by molar-refractivity contribution is 0.468. The number of hydrogen-bond acceptors (Lipinski definition) is 2. The molecule has 0 aliphatic carbocycles. The lowest BCUT2D eigenvalue weighted by Crippen LogP contribution is -2.01. The fraction of sp³-hybridized carbons (Fsp3) is 0.333. The quantitative estimate of drug-likeness (QED) is 0.861. The van der Waals surface area contributed by atoms with E-state index < -0.39 is 0 Å². The molecule has 0 atom stereocenters. The summed E-state index contributed by atoms with van der Waals surface area (Å²) in [5.74, 6) is 0.473. The first kappa shape index (κ1) is 14.4. The van der Waals surface area contributed by atoms with E-state index in [1.54, 1.807) is 12.1 Å². The van der Waals surface area contributed by atoms with Crippen LogP contribution in [0.1, 0.15) is 37.5 Å². The van der Waals surface area contributed by atoms with Gasteiger partial charge in [-0.15, -0.1) is 0 Å². The van der Waals surface area contributed by atoms with Gasteiger partial charge in [-0.3, -0.25) is 0 Å². The summed E-state index contributed by atoms with van der Waals surface area (Å²) >= 11 is 0. The van der Waals surface area contributed by atoms with Crippen LogP contribution < -0.4 is 0 Å². The van der Waals surface area contributed by atoms with E-state index in [1.165, 1.54) is 11.1 Å². The molecule has 2 heteroatoms. The van der Waals surface area contributed by atoms with Crippen molar-refractivity contribution in [2.24, 2.45) is 0 Å². The lowest BCUT2D eigenvalue weighted by atomic mass is 9.87. The maximum absolute atomic E-state index is 10.4. The van der Waals surface area contributed by atoms with Crippen LogP contribution in [0.5, 0.6) is 11.5 Å². The lowest BCUT2D eigenvalue weighted by Gasteiger charge is -2.19. The van der Waals surface area contributed by atoms with Crippen molar-refractivity contribution >= 4 is 0 Å². The van der Waals surface area contributed by atoms with Crippen molar-refractivity contribution in [3.8, 4) is 22.6 Å². The second-order valence-electron chi connectivity index (χ2n) is 4.96. The zero-order chi connectivity index (χ0) is 14.7. The minimum atomic E-state index is 0.212. The van der Waals surface area contributed by atoms with Gasteiger partial charge in [0.1, 0.15) is 11.5 Å². The van der Waals surface area contributed by atoms with Gasteiger partial charge >= 0.3 is 0 Å². The summed E-state index contributed by atoms with van der Waals surface area (Å²) in [6.07, 6.45) is 2.69. The van der Waals surface area contributed by atoms with E-state index in [4.69, 9.17) is 0 Å².